The minimum Gasteiger partial charge on any atom is -0.466 e. The van der Waals surface area contributed by atoms with Crippen molar-refractivity contribution in [2.45, 2.75) is 19.8 Å². The molecule has 6 nitrogen and oxygen atoms in total. The number of halogens is 2. The molecule has 1 aromatic heterocycles. The van der Waals surface area contributed by atoms with Gasteiger partial charge in [-0.2, -0.15) is 0 Å². The van der Waals surface area contributed by atoms with E-state index < -0.39 is 11.6 Å². The second kappa shape index (κ2) is 7.63. The van der Waals surface area contributed by atoms with Crippen LogP contribution in [0.25, 0.3) is 11.3 Å². The first-order valence-electron chi connectivity index (χ1n) is 8.37. The van der Waals surface area contributed by atoms with Gasteiger partial charge in [0.25, 0.3) is 5.91 Å². The van der Waals surface area contributed by atoms with Crippen molar-refractivity contribution in [2.24, 2.45) is 5.92 Å². The molecule has 0 saturated carbocycles. The van der Waals surface area contributed by atoms with E-state index >= 15 is 0 Å². The summed E-state index contributed by atoms with van der Waals surface area (Å²) < 4.78 is 36.4. The van der Waals surface area contributed by atoms with Gasteiger partial charge in [0.05, 0.1) is 12.5 Å². The lowest BCUT2D eigenvalue weighted by Crippen LogP contribution is -2.40. The lowest BCUT2D eigenvalue weighted by molar-refractivity contribution is -0.149. The van der Waals surface area contributed by atoms with Gasteiger partial charge in [0.15, 0.2) is 23.1 Å². The largest absolute Gasteiger partial charge is 0.466 e. The molecule has 1 saturated heterocycles. The zero-order valence-electron chi connectivity index (χ0n) is 14.2. The van der Waals surface area contributed by atoms with Gasteiger partial charge in [-0.25, -0.2) is 8.78 Å². The molecule has 1 amide bonds. The predicted octanol–water partition coefficient (Wildman–Crippen LogP) is 3.04. The highest BCUT2D eigenvalue weighted by Gasteiger charge is 2.30. The molecule has 1 aliphatic heterocycles. The van der Waals surface area contributed by atoms with Crippen LogP contribution < -0.4 is 0 Å². The highest BCUT2D eigenvalue weighted by atomic mass is 19.2. The van der Waals surface area contributed by atoms with Gasteiger partial charge < -0.3 is 14.2 Å². The highest BCUT2D eigenvalue weighted by molar-refractivity contribution is 5.93. The number of aromatic nitrogens is 1. The average Bonchev–Trinajstić information content (AvgIpc) is 3.14. The van der Waals surface area contributed by atoms with E-state index in [0.29, 0.717) is 32.5 Å². The molecule has 26 heavy (non-hydrogen) atoms. The van der Waals surface area contributed by atoms with Crippen molar-refractivity contribution < 1.29 is 27.6 Å². The van der Waals surface area contributed by atoms with Crippen molar-refractivity contribution in [3.8, 4) is 11.3 Å². The third kappa shape index (κ3) is 3.74. The van der Waals surface area contributed by atoms with Gasteiger partial charge >= 0.3 is 5.97 Å². The summed E-state index contributed by atoms with van der Waals surface area (Å²) in [5, 5.41) is 3.73. The third-order valence-electron chi connectivity index (χ3n) is 4.34. The Kier molecular flexibility index (Phi) is 5.29. The maximum absolute atomic E-state index is 13.3. The van der Waals surface area contributed by atoms with Crippen molar-refractivity contribution in [1.29, 1.82) is 0 Å². The first kappa shape index (κ1) is 18.0. The van der Waals surface area contributed by atoms with E-state index in [1.54, 1.807) is 11.8 Å². The number of piperidine rings is 1. The molecule has 2 aromatic rings. The summed E-state index contributed by atoms with van der Waals surface area (Å²) in [5.41, 5.74) is 0.371. The van der Waals surface area contributed by atoms with E-state index in [0.717, 1.165) is 12.1 Å². The molecule has 0 spiro atoms. The van der Waals surface area contributed by atoms with Crippen molar-refractivity contribution in [1.82, 2.24) is 10.1 Å². The first-order chi connectivity index (χ1) is 12.5. The lowest BCUT2D eigenvalue weighted by Gasteiger charge is -2.30. The van der Waals surface area contributed by atoms with E-state index in [-0.39, 0.29) is 34.8 Å². The molecule has 0 bridgehead atoms. The smallest absolute Gasteiger partial charge is 0.309 e. The number of hydrogen-bond acceptors (Lipinski definition) is 5. The molecular formula is C18H18F2N2O4. The van der Waals surface area contributed by atoms with Gasteiger partial charge in [-0.3, -0.25) is 9.59 Å². The van der Waals surface area contributed by atoms with Crippen LogP contribution in [0.1, 0.15) is 30.3 Å². The van der Waals surface area contributed by atoms with Crippen LogP contribution in [-0.4, -0.2) is 41.6 Å². The topological polar surface area (TPSA) is 72.6 Å². The summed E-state index contributed by atoms with van der Waals surface area (Å²) in [6.07, 6.45) is 1.05. The van der Waals surface area contributed by atoms with Gasteiger partial charge in [-0.15, -0.1) is 0 Å². The quantitative estimate of drug-likeness (QED) is 0.780. The number of carbonyl (C=O) groups excluding carboxylic acids is 2. The Balaban J connectivity index is 1.65. The van der Waals surface area contributed by atoms with E-state index in [1.165, 1.54) is 12.1 Å². The monoisotopic (exact) mass is 364 g/mol. The Morgan fingerprint density at radius 2 is 1.96 bits per heavy atom. The van der Waals surface area contributed by atoms with Gasteiger partial charge in [-0.1, -0.05) is 5.16 Å². The minimum absolute atomic E-state index is 0.0827. The Bertz CT molecular complexity index is 813. The molecular weight excluding hydrogens is 346 g/mol. The summed E-state index contributed by atoms with van der Waals surface area (Å²) in [7, 11) is 0. The Labute approximate surface area is 148 Å². The van der Waals surface area contributed by atoms with E-state index in [1.807, 2.05) is 0 Å². The molecule has 3 rings (SSSR count). The second-order valence-corrected chi connectivity index (χ2v) is 6.02. The number of amides is 1. The second-order valence-electron chi connectivity index (χ2n) is 6.02. The van der Waals surface area contributed by atoms with Gasteiger partial charge in [-0.05, 0) is 38.0 Å². The molecule has 2 heterocycles. The molecule has 1 fully saturated rings. The zero-order valence-corrected chi connectivity index (χ0v) is 14.2. The summed E-state index contributed by atoms with van der Waals surface area (Å²) in [5.74, 6) is -2.56. The number of rotatable bonds is 4. The summed E-state index contributed by atoms with van der Waals surface area (Å²) in [6.45, 7) is 2.92. The van der Waals surface area contributed by atoms with Crippen molar-refractivity contribution >= 4 is 11.9 Å². The number of nitrogens with zero attached hydrogens (tertiary/aromatic N) is 2. The fourth-order valence-electron chi connectivity index (χ4n) is 2.90. The Morgan fingerprint density at radius 1 is 1.23 bits per heavy atom. The van der Waals surface area contributed by atoms with Gasteiger partial charge in [0.1, 0.15) is 0 Å². The number of hydrogen-bond donors (Lipinski definition) is 0. The standard InChI is InChI=1S/C18H18F2N2O4/c1-2-25-18(24)11-5-7-22(8-6-11)17(23)15-10-16(26-21-15)12-3-4-13(19)14(20)9-12/h3-4,9-11H,2,5-8H2,1H3. The van der Waals surface area contributed by atoms with Crippen LogP contribution in [0.4, 0.5) is 8.78 Å². The van der Waals surface area contributed by atoms with Crippen LogP contribution in [0, 0.1) is 17.6 Å². The van der Waals surface area contributed by atoms with Gasteiger partial charge in [0, 0.05) is 24.7 Å². The maximum Gasteiger partial charge on any atom is 0.309 e. The number of ether oxygens (including phenoxy) is 1. The predicted molar refractivity (Wildman–Crippen MR) is 87.1 cm³/mol. The SMILES string of the molecule is CCOC(=O)C1CCN(C(=O)c2cc(-c3ccc(F)c(F)c3)on2)CC1. The molecule has 8 heteroatoms. The molecule has 1 aromatic carbocycles. The number of likely N-dealkylation sites (tertiary alicyclic amines) is 1. The van der Waals surface area contributed by atoms with Gasteiger partial charge in [0.2, 0.25) is 0 Å². The molecule has 0 unspecified atom stereocenters. The lowest BCUT2D eigenvalue weighted by atomic mass is 9.97. The van der Waals surface area contributed by atoms with Crippen LogP contribution in [0.2, 0.25) is 0 Å². The van der Waals surface area contributed by atoms with E-state index in [2.05, 4.69) is 5.16 Å². The molecule has 0 radical (unpaired) electrons. The third-order valence-corrected chi connectivity index (χ3v) is 4.34. The van der Waals surface area contributed by atoms with Crippen molar-refractivity contribution in [3.05, 3.63) is 41.6 Å². The molecule has 1 aliphatic rings. The number of carbonyl (C=O) groups is 2. The summed E-state index contributed by atoms with van der Waals surface area (Å²) in [6, 6.07) is 4.70. The summed E-state index contributed by atoms with van der Waals surface area (Å²) in [4.78, 5) is 25.9. The molecule has 0 atom stereocenters. The Morgan fingerprint density at radius 3 is 2.62 bits per heavy atom. The van der Waals surface area contributed by atoms with E-state index in [4.69, 9.17) is 9.26 Å². The summed E-state index contributed by atoms with van der Waals surface area (Å²) >= 11 is 0. The van der Waals surface area contributed by atoms with Crippen LogP contribution >= 0.6 is 0 Å². The normalized spacial score (nSPS) is 15.1. The number of benzene rings is 1. The maximum atomic E-state index is 13.3. The van der Waals surface area contributed by atoms with Crippen molar-refractivity contribution in [3.63, 3.8) is 0 Å². The first-order valence-corrected chi connectivity index (χ1v) is 8.37. The van der Waals surface area contributed by atoms with Crippen LogP contribution in [0.5, 0.6) is 0 Å². The van der Waals surface area contributed by atoms with Crippen molar-refractivity contribution in [2.75, 3.05) is 19.7 Å². The van der Waals surface area contributed by atoms with E-state index in [9.17, 15) is 18.4 Å². The molecule has 138 valence electrons. The molecule has 0 N–H and O–H groups in total. The minimum atomic E-state index is -1.01. The van der Waals surface area contributed by atoms with Crippen LogP contribution in [-0.2, 0) is 9.53 Å². The fraction of sp³-hybridized carbons (Fsp3) is 0.389. The highest BCUT2D eigenvalue weighted by Crippen LogP contribution is 2.24. The zero-order chi connectivity index (χ0) is 18.7. The molecule has 0 aliphatic carbocycles. The average molecular weight is 364 g/mol. The Hall–Kier alpha value is -2.77. The fourth-order valence-corrected chi connectivity index (χ4v) is 2.90. The number of esters is 1. The van der Waals surface area contributed by atoms with Crippen LogP contribution in [0.15, 0.2) is 28.8 Å². The van der Waals surface area contributed by atoms with Crippen LogP contribution in [0.3, 0.4) is 0 Å².